The Hall–Kier alpha value is -1.42. The number of amides is 1. The predicted octanol–water partition coefficient (Wildman–Crippen LogP) is 2.49. The Balaban J connectivity index is 1.85. The average Bonchev–Trinajstić information content (AvgIpc) is 3.21. The quantitative estimate of drug-likeness (QED) is 0.856. The van der Waals surface area contributed by atoms with Gasteiger partial charge >= 0.3 is 0 Å². The van der Waals surface area contributed by atoms with Crippen LogP contribution in [0.25, 0.3) is 0 Å². The van der Waals surface area contributed by atoms with Crippen molar-refractivity contribution in [2.75, 3.05) is 13.1 Å². The van der Waals surface area contributed by atoms with Crippen molar-refractivity contribution in [1.29, 1.82) is 0 Å². The van der Waals surface area contributed by atoms with Gasteiger partial charge in [-0.1, -0.05) is 12.1 Å². The van der Waals surface area contributed by atoms with Crippen LogP contribution in [0.4, 0.5) is 4.39 Å². The number of likely N-dealkylation sites (N-methyl/N-ethyl adjacent to an activating group) is 1. The maximum Gasteiger partial charge on any atom is 0.236 e. The van der Waals surface area contributed by atoms with Gasteiger partial charge < -0.3 is 10.2 Å². The Labute approximate surface area is 113 Å². The van der Waals surface area contributed by atoms with Crippen molar-refractivity contribution >= 4 is 5.91 Å². The molecule has 0 aromatic heterocycles. The van der Waals surface area contributed by atoms with E-state index in [2.05, 4.69) is 5.32 Å². The minimum Gasteiger partial charge on any atom is -0.339 e. The van der Waals surface area contributed by atoms with E-state index in [0.717, 1.165) is 24.9 Å². The van der Waals surface area contributed by atoms with Crippen LogP contribution in [0.1, 0.15) is 38.3 Å². The number of benzene rings is 1. The first kappa shape index (κ1) is 14.0. The number of hydrogen-bond donors (Lipinski definition) is 1. The molecule has 2 rings (SSSR count). The zero-order valence-electron chi connectivity index (χ0n) is 11.5. The largest absolute Gasteiger partial charge is 0.339 e. The number of rotatable bonds is 6. The van der Waals surface area contributed by atoms with Gasteiger partial charge in [0.05, 0.1) is 6.54 Å². The van der Waals surface area contributed by atoms with Crippen molar-refractivity contribution in [3.05, 3.63) is 35.6 Å². The van der Waals surface area contributed by atoms with Gasteiger partial charge in [0.15, 0.2) is 0 Å². The molecule has 1 fully saturated rings. The van der Waals surface area contributed by atoms with E-state index in [-0.39, 0.29) is 17.8 Å². The summed E-state index contributed by atoms with van der Waals surface area (Å²) in [6.45, 7) is 5.02. The molecular weight excluding hydrogens is 243 g/mol. The van der Waals surface area contributed by atoms with E-state index < -0.39 is 0 Å². The Morgan fingerprint density at radius 1 is 1.53 bits per heavy atom. The van der Waals surface area contributed by atoms with E-state index in [1.807, 2.05) is 24.8 Å². The Bertz CT molecular complexity index is 446. The summed E-state index contributed by atoms with van der Waals surface area (Å²) in [6.07, 6.45) is 2.25. The third-order valence-corrected chi connectivity index (χ3v) is 3.56. The minimum absolute atomic E-state index is 0.0300. The van der Waals surface area contributed by atoms with Crippen molar-refractivity contribution in [2.24, 2.45) is 0 Å². The van der Waals surface area contributed by atoms with Gasteiger partial charge in [0, 0.05) is 18.6 Å². The molecule has 0 radical (unpaired) electrons. The fraction of sp³-hybridized carbons (Fsp3) is 0.533. The molecule has 4 heteroatoms. The van der Waals surface area contributed by atoms with Crippen LogP contribution in [-0.4, -0.2) is 29.9 Å². The second-order valence-corrected chi connectivity index (χ2v) is 5.07. The second kappa shape index (κ2) is 6.15. The smallest absolute Gasteiger partial charge is 0.236 e. The fourth-order valence-electron chi connectivity index (χ4n) is 2.26. The highest BCUT2D eigenvalue weighted by Gasteiger charge is 2.31. The molecule has 19 heavy (non-hydrogen) atoms. The monoisotopic (exact) mass is 264 g/mol. The molecule has 1 N–H and O–H groups in total. The van der Waals surface area contributed by atoms with Crippen molar-refractivity contribution in [2.45, 2.75) is 38.8 Å². The van der Waals surface area contributed by atoms with Gasteiger partial charge in [-0.25, -0.2) is 4.39 Å². The first-order valence-corrected chi connectivity index (χ1v) is 6.90. The highest BCUT2D eigenvalue weighted by molar-refractivity contribution is 5.79. The van der Waals surface area contributed by atoms with E-state index in [9.17, 15) is 9.18 Å². The SMILES string of the molecule is CCN(C(=O)CNC(C)c1cccc(F)c1)C1CC1. The number of nitrogens with one attached hydrogen (secondary N) is 1. The summed E-state index contributed by atoms with van der Waals surface area (Å²) < 4.78 is 13.1. The van der Waals surface area contributed by atoms with Crippen molar-refractivity contribution in [3.63, 3.8) is 0 Å². The van der Waals surface area contributed by atoms with Crippen LogP contribution in [0.2, 0.25) is 0 Å². The fourth-order valence-corrected chi connectivity index (χ4v) is 2.26. The van der Waals surface area contributed by atoms with Gasteiger partial charge in [0.2, 0.25) is 5.91 Å². The highest BCUT2D eigenvalue weighted by atomic mass is 19.1. The number of carbonyl (C=O) groups excluding carboxylic acids is 1. The van der Waals surface area contributed by atoms with Gasteiger partial charge in [-0.15, -0.1) is 0 Å². The molecule has 1 aromatic carbocycles. The first-order chi connectivity index (χ1) is 9.11. The lowest BCUT2D eigenvalue weighted by molar-refractivity contribution is -0.130. The van der Waals surface area contributed by atoms with Gasteiger partial charge in [0.25, 0.3) is 0 Å². The van der Waals surface area contributed by atoms with Crippen LogP contribution >= 0.6 is 0 Å². The normalized spacial score (nSPS) is 16.2. The molecule has 1 aromatic rings. The molecule has 1 aliphatic carbocycles. The number of hydrogen-bond acceptors (Lipinski definition) is 2. The summed E-state index contributed by atoms with van der Waals surface area (Å²) in [4.78, 5) is 14.0. The zero-order valence-corrected chi connectivity index (χ0v) is 11.5. The molecule has 1 atom stereocenters. The molecule has 0 aliphatic heterocycles. The predicted molar refractivity (Wildman–Crippen MR) is 73.2 cm³/mol. The van der Waals surface area contributed by atoms with Crippen LogP contribution in [0, 0.1) is 5.82 Å². The summed E-state index contributed by atoms with van der Waals surface area (Å²) >= 11 is 0. The molecule has 1 saturated carbocycles. The second-order valence-electron chi connectivity index (χ2n) is 5.07. The van der Waals surface area contributed by atoms with Crippen LogP contribution in [0.15, 0.2) is 24.3 Å². The standard InChI is InChI=1S/C15H21FN2O/c1-3-18(14-7-8-14)15(19)10-17-11(2)12-5-4-6-13(16)9-12/h4-6,9,11,14,17H,3,7-8,10H2,1-2H3. The van der Waals surface area contributed by atoms with Crippen molar-refractivity contribution in [3.8, 4) is 0 Å². The number of halogens is 1. The molecule has 3 nitrogen and oxygen atoms in total. The number of nitrogens with zero attached hydrogens (tertiary/aromatic N) is 1. The Morgan fingerprint density at radius 3 is 2.84 bits per heavy atom. The molecule has 0 spiro atoms. The minimum atomic E-state index is -0.245. The van der Waals surface area contributed by atoms with Crippen molar-refractivity contribution in [1.82, 2.24) is 10.2 Å². The summed E-state index contributed by atoms with van der Waals surface area (Å²) in [5, 5.41) is 3.17. The van der Waals surface area contributed by atoms with Crippen LogP contribution in [0.3, 0.4) is 0 Å². The van der Waals surface area contributed by atoms with Gasteiger partial charge in [0.1, 0.15) is 5.82 Å². The molecule has 1 aliphatic rings. The average molecular weight is 264 g/mol. The maximum atomic E-state index is 13.1. The lowest BCUT2D eigenvalue weighted by atomic mass is 10.1. The van der Waals surface area contributed by atoms with Crippen molar-refractivity contribution < 1.29 is 9.18 Å². The highest BCUT2D eigenvalue weighted by Crippen LogP contribution is 2.26. The zero-order chi connectivity index (χ0) is 13.8. The number of carbonyl (C=O) groups is 1. The third-order valence-electron chi connectivity index (χ3n) is 3.56. The van der Waals surface area contributed by atoms with E-state index in [4.69, 9.17) is 0 Å². The van der Waals surface area contributed by atoms with Gasteiger partial charge in [-0.05, 0) is 44.4 Å². The summed E-state index contributed by atoms with van der Waals surface area (Å²) in [7, 11) is 0. The molecule has 0 heterocycles. The molecule has 0 saturated heterocycles. The topological polar surface area (TPSA) is 32.3 Å². The third kappa shape index (κ3) is 3.77. The van der Waals surface area contributed by atoms with Crippen LogP contribution in [0.5, 0.6) is 0 Å². The van der Waals surface area contributed by atoms with Crippen LogP contribution < -0.4 is 5.32 Å². The molecular formula is C15H21FN2O. The summed E-state index contributed by atoms with van der Waals surface area (Å²) in [5.74, 6) is -0.112. The first-order valence-electron chi connectivity index (χ1n) is 6.90. The summed E-state index contributed by atoms with van der Waals surface area (Å²) in [6, 6.07) is 6.89. The Kier molecular flexibility index (Phi) is 4.53. The molecule has 104 valence electrons. The van der Waals surface area contributed by atoms with E-state index in [1.165, 1.54) is 12.1 Å². The van der Waals surface area contributed by atoms with E-state index in [1.54, 1.807) is 6.07 Å². The lowest BCUT2D eigenvalue weighted by Crippen LogP contribution is -2.40. The van der Waals surface area contributed by atoms with Crippen LogP contribution in [-0.2, 0) is 4.79 Å². The van der Waals surface area contributed by atoms with Gasteiger partial charge in [-0.3, -0.25) is 4.79 Å². The van der Waals surface area contributed by atoms with E-state index in [0.29, 0.717) is 12.6 Å². The molecule has 0 bridgehead atoms. The molecule has 1 unspecified atom stereocenters. The molecule has 1 amide bonds. The van der Waals surface area contributed by atoms with E-state index >= 15 is 0 Å². The lowest BCUT2D eigenvalue weighted by Gasteiger charge is -2.22. The summed E-state index contributed by atoms with van der Waals surface area (Å²) in [5.41, 5.74) is 0.863. The maximum absolute atomic E-state index is 13.1. The van der Waals surface area contributed by atoms with Gasteiger partial charge in [-0.2, -0.15) is 0 Å². The Morgan fingerprint density at radius 2 is 2.26 bits per heavy atom.